The number of hydrogen-bond donors (Lipinski definition) is 2. The molecule has 0 aliphatic heterocycles. The molecule has 0 saturated heterocycles. The van der Waals surface area contributed by atoms with Crippen LogP contribution in [0.5, 0.6) is 11.5 Å². The number of esters is 2. The number of unbranched alkanes of at least 4 members (excludes halogenated alkanes) is 8. The van der Waals surface area contributed by atoms with E-state index in [0.717, 1.165) is 66.9 Å². The standard InChI is InChI=1S/C30H46INO7/c1-4-5-6-13-16-25(39-23(2)33)17-14-11-9-7-8-10-12-15-18-30(36)38-22-29(35)32-21-24-19-28(37-3)27(34)20-26(24)31/h11,14,19-20,25,34H,4-10,12-13,15-18,21-22H2,1-3H3,(H,32,35)/b14-11-. The third kappa shape index (κ3) is 17.1. The van der Waals surface area contributed by atoms with Crippen LogP contribution in [0, 0.1) is 3.57 Å². The van der Waals surface area contributed by atoms with E-state index >= 15 is 0 Å². The molecule has 0 spiro atoms. The van der Waals surface area contributed by atoms with Crippen LogP contribution < -0.4 is 10.1 Å². The number of amides is 1. The van der Waals surface area contributed by atoms with Crippen LogP contribution in [0.15, 0.2) is 24.3 Å². The Morgan fingerprint density at radius 3 is 2.46 bits per heavy atom. The summed E-state index contributed by atoms with van der Waals surface area (Å²) in [6.07, 6.45) is 16.9. The van der Waals surface area contributed by atoms with Crippen LogP contribution >= 0.6 is 22.6 Å². The number of benzene rings is 1. The van der Waals surface area contributed by atoms with Crippen molar-refractivity contribution in [1.29, 1.82) is 0 Å². The lowest BCUT2D eigenvalue weighted by Gasteiger charge is -2.15. The third-order valence-corrected chi connectivity index (χ3v) is 7.22. The van der Waals surface area contributed by atoms with Crippen molar-refractivity contribution in [3.63, 3.8) is 0 Å². The molecule has 0 heterocycles. The van der Waals surface area contributed by atoms with Gasteiger partial charge in [0.05, 0.1) is 7.11 Å². The molecule has 0 aliphatic rings. The molecule has 0 saturated carbocycles. The zero-order valence-corrected chi connectivity index (χ0v) is 25.9. The molecule has 1 amide bonds. The molecular formula is C30H46INO7. The number of nitrogens with one attached hydrogen (secondary N) is 1. The van der Waals surface area contributed by atoms with E-state index in [0.29, 0.717) is 12.2 Å². The number of carbonyl (C=O) groups is 3. The van der Waals surface area contributed by atoms with Gasteiger partial charge in [-0.25, -0.2) is 0 Å². The molecule has 2 N–H and O–H groups in total. The predicted octanol–water partition coefficient (Wildman–Crippen LogP) is 6.74. The molecule has 9 heteroatoms. The number of phenols is 1. The first-order valence-corrected chi connectivity index (χ1v) is 15.1. The van der Waals surface area contributed by atoms with Gasteiger partial charge in [-0.2, -0.15) is 0 Å². The summed E-state index contributed by atoms with van der Waals surface area (Å²) < 4.78 is 16.4. The number of allylic oxidation sites excluding steroid dienone is 1. The Balaban J connectivity index is 2.10. The first-order valence-electron chi connectivity index (χ1n) is 14.1. The minimum Gasteiger partial charge on any atom is -0.504 e. The van der Waals surface area contributed by atoms with Gasteiger partial charge in [0.25, 0.3) is 5.91 Å². The van der Waals surface area contributed by atoms with Crippen molar-refractivity contribution in [2.24, 2.45) is 0 Å². The molecule has 0 fully saturated rings. The highest BCUT2D eigenvalue weighted by Crippen LogP contribution is 2.30. The zero-order valence-electron chi connectivity index (χ0n) is 23.8. The van der Waals surface area contributed by atoms with E-state index in [-0.39, 0.29) is 42.9 Å². The first-order chi connectivity index (χ1) is 18.8. The van der Waals surface area contributed by atoms with Gasteiger partial charge < -0.3 is 24.6 Å². The van der Waals surface area contributed by atoms with E-state index in [1.165, 1.54) is 33.3 Å². The van der Waals surface area contributed by atoms with Crippen molar-refractivity contribution >= 4 is 40.4 Å². The van der Waals surface area contributed by atoms with Gasteiger partial charge >= 0.3 is 11.9 Å². The number of phenolic OH excluding ortho intramolecular Hbond substituents is 1. The van der Waals surface area contributed by atoms with Gasteiger partial charge in [-0.15, -0.1) is 0 Å². The minimum atomic E-state index is -0.380. The number of hydrogen-bond acceptors (Lipinski definition) is 7. The Bertz CT molecular complexity index is 904. The van der Waals surface area contributed by atoms with Crippen molar-refractivity contribution in [3.8, 4) is 11.5 Å². The van der Waals surface area contributed by atoms with E-state index < -0.39 is 0 Å². The second-order valence-electron chi connectivity index (χ2n) is 9.65. The summed E-state index contributed by atoms with van der Waals surface area (Å²) in [6.45, 7) is 3.59. The Kier molecular flexibility index (Phi) is 19.2. The van der Waals surface area contributed by atoms with Crippen molar-refractivity contribution in [1.82, 2.24) is 5.32 Å². The number of methoxy groups -OCH3 is 1. The van der Waals surface area contributed by atoms with E-state index in [2.05, 4.69) is 47.0 Å². The smallest absolute Gasteiger partial charge is 0.306 e. The van der Waals surface area contributed by atoms with Crippen LogP contribution in [0.2, 0.25) is 0 Å². The second-order valence-corrected chi connectivity index (χ2v) is 10.8. The maximum Gasteiger partial charge on any atom is 0.306 e. The second kappa shape index (κ2) is 21.5. The van der Waals surface area contributed by atoms with Crippen molar-refractivity contribution < 1.29 is 33.7 Å². The lowest BCUT2D eigenvalue weighted by Crippen LogP contribution is -2.28. The Morgan fingerprint density at radius 1 is 1.03 bits per heavy atom. The number of aromatic hydroxyl groups is 1. The lowest BCUT2D eigenvalue weighted by atomic mass is 10.1. The molecule has 1 unspecified atom stereocenters. The summed E-state index contributed by atoms with van der Waals surface area (Å²) in [5, 5.41) is 12.5. The summed E-state index contributed by atoms with van der Waals surface area (Å²) in [4.78, 5) is 35.3. The first kappa shape index (κ1) is 34.7. The van der Waals surface area contributed by atoms with Crippen LogP contribution in [-0.2, 0) is 30.4 Å². The van der Waals surface area contributed by atoms with E-state index in [9.17, 15) is 19.5 Å². The largest absolute Gasteiger partial charge is 0.504 e. The fourth-order valence-electron chi connectivity index (χ4n) is 4.03. The van der Waals surface area contributed by atoms with Crippen LogP contribution in [0.3, 0.4) is 0 Å². The molecular weight excluding hydrogens is 613 g/mol. The molecule has 220 valence electrons. The summed E-state index contributed by atoms with van der Waals surface area (Å²) in [7, 11) is 1.46. The summed E-state index contributed by atoms with van der Waals surface area (Å²) in [5.41, 5.74) is 0.796. The highest BCUT2D eigenvalue weighted by atomic mass is 127. The van der Waals surface area contributed by atoms with E-state index in [1.54, 1.807) is 12.1 Å². The molecule has 0 bridgehead atoms. The topological polar surface area (TPSA) is 111 Å². The maximum atomic E-state index is 12.0. The Hall–Kier alpha value is -2.30. The molecule has 0 aromatic heterocycles. The number of ether oxygens (including phenoxy) is 3. The molecule has 1 aromatic rings. The average molecular weight is 660 g/mol. The number of rotatable bonds is 21. The van der Waals surface area contributed by atoms with Gasteiger partial charge in [-0.05, 0) is 72.4 Å². The summed E-state index contributed by atoms with van der Waals surface area (Å²) in [5.74, 6) is -0.587. The highest BCUT2D eigenvalue weighted by Gasteiger charge is 2.12. The van der Waals surface area contributed by atoms with Crippen LogP contribution in [0.4, 0.5) is 0 Å². The van der Waals surface area contributed by atoms with Crippen molar-refractivity contribution in [2.75, 3.05) is 13.7 Å². The fraction of sp³-hybridized carbons (Fsp3) is 0.633. The van der Waals surface area contributed by atoms with E-state index in [1.807, 2.05) is 0 Å². The van der Waals surface area contributed by atoms with Gasteiger partial charge in [0.1, 0.15) is 6.10 Å². The van der Waals surface area contributed by atoms with Crippen molar-refractivity contribution in [2.45, 2.75) is 110 Å². The highest BCUT2D eigenvalue weighted by molar-refractivity contribution is 14.1. The molecule has 0 radical (unpaired) electrons. The molecule has 8 nitrogen and oxygen atoms in total. The predicted molar refractivity (Wildman–Crippen MR) is 161 cm³/mol. The molecule has 1 aromatic carbocycles. The van der Waals surface area contributed by atoms with Crippen LogP contribution in [-0.4, -0.2) is 42.8 Å². The Labute approximate surface area is 247 Å². The number of carbonyl (C=O) groups excluding carboxylic acids is 3. The fourth-order valence-corrected chi connectivity index (χ4v) is 4.67. The van der Waals surface area contributed by atoms with Crippen molar-refractivity contribution in [3.05, 3.63) is 33.4 Å². The van der Waals surface area contributed by atoms with Gasteiger partial charge in [-0.1, -0.05) is 57.6 Å². The summed E-state index contributed by atoms with van der Waals surface area (Å²) >= 11 is 2.07. The normalized spacial score (nSPS) is 11.8. The van der Waals surface area contributed by atoms with Gasteiger partial charge in [0.2, 0.25) is 0 Å². The zero-order chi connectivity index (χ0) is 28.9. The quantitative estimate of drug-likeness (QED) is 0.0651. The maximum absolute atomic E-state index is 12.0. The average Bonchev–Trinajstić information content (AvgIpc) is 2.90. The molecule has 39 heavy (non-hydrogen) atoms. The summed E-state index contributed by atoms with van der Waals surface area (Å²) in [6, 6.07) is 3.23. The monoisotopic (exact) mass is 659 g/mol. The minimum absolute atomic E-state index is 0.0197. The lowest BCUT2D eigenvalue weighted by molar-refractivity contribution is -0.148. The SMILES string of the molecule is CCCCCCC(C/C=C\CCCCCCCC(=O)OCC(=O)NCc1cc(OC)c(O)cc1I)OC(C)=O. The molecule has 1 rings (SSSR count). The van der Waals surface area contributed by atoms with Gasteiger partial charge in [0.15, 0.2) is 18.1 Å². The van der Waals surface area contributed by atoms with Crippen LogP contribution in [0.1, 0.15) is 103 Å². The van der Waals surface area contributed by atoms with Gasteiger partial charge in [-0.3, -0.25) is 14.4 Å². The molecule has 1 atom stereocenters. The van der Waals surface area contributed by atoms with E-state index in [4.69, 9.17) is 14.2 Å². The number of halogens is 1. The van der Waals surface area contributed by atoms with Crippen LogP contribution in [0.25, 0.3) is 0 Å². The third-order valence-electron chi connectivity index (χ3n) is 6.22. The van der Waals surface area contributed by atoms with Gasteiger partial charge in [0, 0.05) is 29.9 Å². The Morgan fingerprint density at radius 2 is 1.74 bits per heavy atom. The molecule has 0 aliphatic carbocycles.